The molecule has 28 heavy (non-hydrogen) atoms. The summed E-state index contributed by atoms with van der Waals surface area (Å²) in [6.07, 6.45) is -4.46. The minimum atomic E-state index is -4.46. The second-order valence-corrected chi connectivity index (χ2v) is 6.81. The Balaban J connectivity index is 1.96. The van der Waals surface area contributed by atoms with E-state index in [1.165, 1.54) is 18.2 Å². The van der Waals surface area contributed by atoms with Crippen LogP contribution in [0.2, 0.25) is 5.02 Å². The monoisotopic (exact) mass is 402 g/mol. The minimum absolute atomic E-state index is 0.0509. The van der Waals surface area contributed by atoms with Crippen LogP contribution >= 0.6 is 11.6 Å². The lowest BCUT2D eigenvalue weighted by atomic mass is 10.1. The summed E-state index contributed by atoms with van der Waals surface area (Å²) in [5.74, 6) is 0.295. The topological polar surface area (TPSA) is 38.1 Å². The average Bonchev–Trinajstić information content (AvgIpc) is 3.01. The van der Waals surface area contributed by atoms with Crippen LogP contribution in [0.25, 0.3) is 22.4 Å². The van der Waals surface area contributed by atoms with Gasteiger partial charge in [-0.25, -0.2) is 4.98 Å². The standard InChI is InChI=1S/C21H14ClF3N2O/c22-15-7-9-19(28)16(11-15)20-26-17-10-14(21(23,24)25)6-8-18(17)27(20)12-13-4-2-1-3-5-13/h1-11,28H,12H2. The van der Waals surface area contributed by atoms with E-state index in [4.69, 9.17) is 11.6 Å². The van der Waals surface area contributed by atoms with E-state index in [-0.39, 0.29) is 11.3 Å². The zero-order chi connectivity index (χ0) is 19.9. The van der Waals surface area contributed by atoms with Crippen molar-refractivity contribution in [3.63, 3.8) is 0 Å². The Morgan fingerprint density at radius 2 is 1.71 bits per heavy atom. The average molecular weight is 403 g/mol. The van der Waals surface area contributed by atoms with Crippen molar-refractivity contribution in [2.45, 2.75) is 12.7 Å². The molecular formula is C21H14ClF3N2O. The number of imidazole rings is 1. The maximum atomic E-state index is 13.1. The van der Waals surface area contributed by atoms with Crippen molar-refractivity contribution in [2.75, 3.05) is 0 Å². The third kappa shape index (κ3) is 3.43. The Morgan fingerprint density at radius 1 is 0.964 bits per heavy atom. The number of hydrogen-bond acceptors (Lipinski definition) is 2. The number of benzene rings is 3. The van der Waals surface area contributed by atoms with Gasteiger partial charge in [0.1, 0.15) is 11.6 Å². The molecule has 4 rings (SSSR count). The van der Waals surface area contributed by atoms with Gasteiger partial charge in [0.25, 0.3) is 0 Å². The highest BCUT2D eigenvalue weighted by molar-refractivity contribution is 6.30. The summed E-state index contributed by atoms with van der Waals surface area (Å²) in [4.78, 5) is 4.40. The van der Waals surface area contributed by atoms with E-state index in [9.17, 15) is 18.3 Å². The highest BCUT2D eigenvalue weighted by Crippen LogP contribution is 2.36. The van der Waals surface area contributed by atoms with Gasteiger partial charge in [0.15, 0.2) is 0 Å². The van der Waals surface area contributed by atoms with Gasteiger partial charge in [0.05, 0.1) is 22.2 Å². The number of phenolic OH excluding ortho intramolecular Hbond substituents is 1. The van der Waals surface area contributed by atoms with E-state index < -0.39 is 11.7 Å². The fourth-order valence-corrected chi connectivity index (χ4v) is 3.30. The third-order valence-corrected chi connectivity index (χ3v) is 4.69. The second kappa shape index (κ2) is 6.87. The molecule has 3 nitrogen and oxygen atoms in total. The predicted octanol–water partition coefficient (Wildman–Crippen LogP) is 6.13. The van der Waals surface area contributed by atoms with Crippen molar-refractivity contribution < 1.29 is 18.3 Å². The van der Waals surface area contributed by atoms with Gasteiger partial charge in [-0.1, -0.05) is 41.9 Å². The Bertz CT molecular complexity index is 1150. The van der Waals surface area contributed by atoms with Gasteiger partial charge in [-0.2, -0.15) is 13.2 Å². The van der Waals surface area contributed by atoms with Crippen LogP contribution < -0.4 is 0 Å². The van der Waals surface area contributed by atoms with E-state index in [1.54, 1.807) is 10.6 Å². The quantitative estimate of drug-likeness (QED) is 0.447. The molecule has 0 aliphatic heterocycles. The number of alkyl halides is 3. The maximum absolute atomic E-state index is 13.1. The van der Waals surface area contributed by atoms with E-state index in [0.717, 1.165) is 17.7 Å². The molecule has 142 valence electrons. The first-order valence-electron chi connectivity index (χ1n) is 8.43. The minimum Gasteiger partial charge on any atom is -0.507 e. The van der Waals surface area contributed by atoms with Gasteiger partial charge < -0.3 is 9.67 Å². The van der Waals surface area contributed by atoms with Crippen LogP contribution in [0.3, 0.4) is 0 Å². The van der Waals surface area contributed by atoms with Crippen molar-refractivity contribution in [1.29, 1.82) is 0 Å². The van der Waals surface area contributed by atoms with Crippen LogP contribution in [0.1, 0.15) is 11.1 Å². The molecule has 0 aliphatic rings. The first kappa shape index (κ1) is 18.4. The van der Waals surface area contributed by atoms with Crippen LogP contribution in [0.5, 0.6) is 5.75 Å². The van der Waals surface area contributed by atoms with Crippen LogP contribution in [0.4, 0.5) is 13.2 Å². The molecule has 0 amide bonds. The molecule has 1 N–H and O–H groups in total. The molecule has 0 saturated heterocycles. The number of rotatable bonds is 3. The van der Waals surface area contributed by atoms with E-state index in [2.05, 4.69) is 4.98 Å². The number of aromatic nitrogens is 2. The Morgan fingerprint density at radius 3 is 2.43 bits per heavy atom. The number of halogens is 4. The van der Waals surface area contributed by atoms with E-state index in [0.29, 0.717) is 28.5 Å². The molecule has 1 heterocycles. The maximum Gasteiger partial charge on any atom is 0.416 e. The van der Waals surface area contributed by atoms with Gasteiger partial charge in [0, 0.05) is 11.6 Å². The summed E-state index contributed by atoms with van der Waals surface area (Å²) in [5.41, 5.74) is 1.26. The third-order valence-electron chi connectivity index (χ3n) is 4.46. The summed E-state index contributed by atoms with van der Waals surface area (Å²) in [6.45, 7) is 0.379. The van der Waals surface area contributed by atoms with Gasteiger partial charge in [0.2, 0.25) is 0 Å². The fraction of sp³-hybridized carbons (Fsp3) is 0.0952. The van der Waals surface area contributed by atoms with Crippen molar-refractivity contribution in [3.05, 3.63) is 82.9 Å². The highest BCUT2D eigenvalue weighted by atomic mass is 35.5. The molecule has 0 aliphatic carbocycles. The molecule has 0 spiro atoms. The number of hydrogen-bond donors (Lipinski definition) is 1. The second-order valence-electron chi connectivity index (χ2n) is 6.37. The molecule has 4 aromatic rings. The van der Waals surface area contributed by atoms with Gasteiger partial charge in [-0.15, -0.1) is 0 Å². The Kier molecular flexibility index (Phi) is 4.51. The smallest absolute Gasteiger partial charge is 0.416 e. The van der Waals surface area contributed by atoms with E-state index in [1.807, 2.05) is 30.3 Å². The van der Waals surface area contributed by atoms with Crippen molar-refractivity contribution in [1.82, 2.24) is 9.55 Å². The van der Waals surface area contributed by atoms with Gasteiger partial charge in [-0.05, 0) is 42.0 Å². The first-order valence-corrected chi connectivity index (χ1v) is 8.81. The van der Waals surface area contributed by atoms with Crippen LogP contribution in [-0.2, 0) is 12.7 Å². The molecule has 0 atom stereocenters. The molecule has 7 heteroatoms. The molecule has 1 aromatic heterocycles. The largest absolute Gasteiger partial charge is 0.507 e. The lowest BCUT2D eigenvalue weighted by Crippen LogP contribution is -2.05. The van der Waals surface area contributed by atoms with Crippen LogP contribution in [-0.4, -0.2) is 14.7 Å². The molecule has 0 radical (unpaired) electrons. The molecular weight excluding hydrogens is 389 g/mol. The molecule has 0 saturated carbocycles. The van der Waals surface area contributed by atoms with Gasteiger partial charge in [-0.3, -0.25) is 0 Å². The van der Waals surface area contributed by atoms with Crippen molar-refractivity contribution >= 4 is 22.6 Å². The summed E-state index contributed by atoms with van der Waals surface area (Å²) in [6, 6.07) is 17.4. The Hall–Kier alpha value is -2.99. The molecule has 3 aromatic carbocycles. The lowest BCUT2D eigenvalue weighted by molar-refractivity contribution is -0.137. The molecule has 0 fully saturated rings. The SMILES string of the molecule is Oc1ccc(Cl)cc1-c1nc2cc(C(F)(F)F)ccc2n1Cc1ccccc1. The fourth-order valence-electron chi connectivity index (χ4n) is 3.13. The number of nitrogens with zero attached hydrogens (tertiary/aromatic N) is 2. The summed E-state index contributed by atoms with van der Waals surface area (Å²) < 4.78 is 41.1. The Labute approximate surface area is 163 Å². The zero-order valence-corrected chi connectivity index (χ0v) is 15.2. The van der Waals surface area contributed by atoms with Crippen LogP contribution in [0, 0.1) is 0 Å². The highest BCUT2D eigenvalue weighted by Gasteiger charge is 2.31. The molecule has 0 unspecified atom stereocenters. The van der Waals surface area contributed by atoms with Crippen molar-refractivity contribution in [2.24, 2.45) is 0 Å². The molecule has 0 bridgehead atoms. The van der Waals surface area contributed by atoms with E-state index >= 15 is 0 Å². The van der Waals surface area contributed by atoms with Gasteiger partial charge >= 0.3 is 6.18 Å². The summed E-state index contributed by atoms with van der Waals surface area (Å²) in [7, 11) is 0. The predicted molar refractivity (Wildman–Crippen MR) is 102 cm³/mol. The van der Waals surface area contributed by atoms with Crippen LogP contribution in [0.15, 0.2) is 66.7 Å². The number of aromatic hydroxyl groups is 1. The first-order chi connectivity index (χ1) is 13.3. The number of phenols is 1. The summed E-state index contributed by atoms with van der Waals surface area (Å²) >= 11 is 6.07. The normalized spacial score (nSPS) is 11.9. The number of fused-ring (bicyclic) bond motifs is 1. The van der Waals surface area contributed by atoms with Crippen molar-refractivity contribution in [3.8, 4) is 17.1 Å². The zero-order valence-electron chi connectivity index (χ0n) is 14.4. The summed E-state index contributed by atoms with van der Waals surface area (Å²) in [5, 5.41) is 10.7. The lowest BCUT2D eigenvalue weighted by Gasteiger charge is -2.11.